The number of piperidine rings is 1. The van der Waals surface area contributed by atoms with Crippen LogP contribution in [0.3, 0.4) is 0 Å². The Kier molecular flexibility index (Phi) is 7.16. The summed E-state index contributed by atoms with van der Waals surface area (Å²) in [5.74, 6) is 0.491. The number of carbonyl (C=O) groups excluding carboxylic acids is 1. The third-order valence-corrected chi connectivity index (χ3v) is 7.58. The lowest BCUT2D eigenvalue weighted by atomic mass is 9.96. The summed E-state index contributed by atoms with van der Waals surface area (Å²) in [6, 6.07) is 4.82. The molecule has 0 atom stereocenters. The summed E-state index contributed by atoms with van der Waals surface area (Å²) in [6.45, 7) is 5.68. The van der Waals surface area contributed by atoms with Crippen molar-refractivity contribution < 1.29 is 22.7 Å². The Hall–Kier alpha value is -2.72. The van der Waals surface area contributed by atoms with Gasteiger partial charge in [0.15, 0.2) is 0 Å². The number of benzene rings is 1. The van der Waals surface area contributed by atoms with Gasteiger partial charge in [0.25, 0.3) is 5.91 Å². The summed E-state index contributed by atoms with van der Waals surface area (Å²) in [6.07, 6.45) is 1.47. The average molecular weight is 504 g/mol. The molecule has 1 N–H and O–H groups in total. The minimum Gasteiger partial charge on any atom is -0.381 e. The number of rotatable bonds is 4. The largest absolute Gasteiger partial charge is 0.416 e. The summed E-state index contributed by atoms with van der Waals surface area (Å²) >= 11 is 0. The number of nitrogens with one attached hydrogen (secondary N) is 1. The number of halogens is 3. The molecule has 2 fully saturated rings. The number of alkyl halides is 3. The summed E-state index contributed by atoms with van der Waals surface area (Å²) in [4.78, 5) is 25.9. The molecule has 10 heteroatoms. The van der Waals surface area contributed by atoms with Crippen molar-refractivity contribution in [3.63, 3.8) is 0 Å². The van der Waals surface area contributed by atoms with E-state index in [1.165, 1.54) is 12.4 Å². The van der Waals surface area contributed by atoms with Crippen LogP contribution in [0.2, 0.25) is 0 Å². The van der Waals surface area contributed by atoms with Crippen molar-refractivity contribution >= 4 is 11.7 Å². The Bertz CT molecular complexity index is 1100. The van der Waals surface area contributed by atoms with Gasteiger partial charge in [0.05, 0.1) is 5.56 Å². The molecule has 5 rings (SSSR count). The first-order chi connectivity index (χ1) is 17.3. The Morgan fingerprint density at radius 2 is 1.75 bits per heavy atom. The molecule has 1 aromatic carbocycles. The molecule has 2 aromatic rings. The van der Waals surface area contributed by atoms with E-state index in [9.17, 15) is 18.0 Å². The Morgan fingerprint density at radius 3 is 2.47 bits per heavy atom. The zero-order chi connectivity index (χ0) is 25.3. The van der Waals surface area contributed by atoms with E-state index in [0.717, 1.165) is 50.5 Å². The highest BCUT2D eigenvalue weighted by Gasteiger charge is 2.33. The Morgan fingerprint density at radius 1 is 1.03 bits per heavy atom. The molecule has 2 saturated heterocycles. The van der Waals surface area contributed by atoms with E-state index in [1.807, 2.05) is 16.7 Å². The van der Waals surface area contributed by atoms with Crippen LogP contribution in [-0.4, -0.2) is 65.7 Å². The van der Waals surface area contributed by atoms with Gasteiger partial charge < -0.3 is 19.9 Å². The molecule has 0 unspecified atom stereocenters. The van der Waals surface area contributed by atoms with Crippen molar-refractivity contribution in [1.82, 2.24) is 20.2 Å². The number of aromatic nitrogens is 2. The normalized spacial score (nSPS) is 19.9. The van der Waals surface area contributed by atoms with Gasteiger partial charge in [-0.25, -0.2) is 9.97 Å². The standard InChI is InChI=1S/C26H32F3N5O2/c1-17-23(25(35)33-10-5-21(6-11-33)32-22-7-12-36-13-8-22)30-16-31-24(17)34-9-4-18-2-3-20(26(27,28)29)14-19(18)15-34/h2-3,14,16,21-22,32H,4-13,15H2,1H3. The zero-order valence-corrected chi connectivity index (χ0v) is 20.5. The van der Waals surface area contributed by atoms with Crippen molar-refractivity contribution in [3.05, 3.63) is 52.5 Å². The number of likely N-dealkylation sites (tertiary alicyclic amines) is 1. The van der Waals surface area contributed by atoms with Gasteiger partial charge in [-0.15, -0.1) is 0 Å². The second kappa shape index (κ2) is 10.3. The van der Waals surface area contributed by atoms with Crippen LogP contribution in [0, 0.1) is 6.92 Å². The molecule has 1 aromatic heterocycles. The molecule has 0 aliphatic carbocycles. The monoisotopic (exact) mass is 503 g/mol. The van der Waals surface area contributed by atoms with Crippen LogP contribution in [0.25, 0.3) is 0 Å². The Balaban J connectivity index is 1.25. The van der Waals surface area contributed by atoms with Gasteiger partial charge in [-0.05, 0) is 62.3 Å². The van der Waals surface area contributed by atoms with Crippen molar-refractivity contribution in [2.24, 2.45) is 0 Å². The maximum atomic E-state index is 13.4. The van der Waals surface area contributed by atoms with E-state index in [4.69, 9.17) is 4.74 Å². The number of hydrogen-bond acceptors (Lipinski definition) is 6. The fourth-order valence-electron chi connectivity index (χ4n) is 5.49. The third-order valence-electron chi connectivity index (χ3n) is 7.58. The molecule has 194 valence electrons. The lowest BCUT2D eigenvalue weighted by molar-refractivity contribution is -0.137. The van der Waals surface area contributed by atoms with Crippen LogP contribution >= 0.6 is 0 Å². The summed E-state index contributed by atoms with van der Waals surface area (Å²) in [5.41, 5.74) is 1.94. The topological polar surface area (TPSA) is 70.6 Å². The van der Waals surface area contributed by atoms with Crippen molar-refractivity contribution in [3.8, 4) is 0 Å². The van der Waals surface area contributed by atoms with E-state index in [2.05, 4.69) is 15.3 Å². The van der Waals surface area contributed by atoms with Gasteiger partial charge >= 0.3 is 6.18 Å². The summed E-state index contributed by atoms with van der Waals surface area (Å²) in [5, 5.41) is 3.72. The highest BCUT2D eigenvalue weighted by atomic mass is 19.4. The summed E-state index contributed by atoms with van der Waals surface area (Å²) < 4.78 is 45.1. The molecule has 0 spiro atoms. The maximum Gasteiger partial charge on any atom is 0.416 e. The highest BCUT2D eigenvalue weighted by molar-refractivity contribution is 5.94. The molecule has 3 aliphatic heterocycles. The van der Waals surface area contributed by atoms with E-state index < -0.39 is 11.7 Å². The van der Waals surface area contributed by atoms with Gasteiger partial charge in [-0.1, -0.05) is 6.07 Å². The number of hydrogen-bond donors (Lipinski definition) is 1. The number of fused-ring (bicyclic) bond motifs is 1. The van der Waals surface area contributed by atoms with Gasteiger partial charge in [-0.3, -0.25) is 4.79 Å². The highest BCUT2D eigenvalue weighted by Crippen LogP contribution is 2.33. The lowest BCUT2D eigenvalue weighted by Gasteiger charge is -2.36. The van der Waals surface area contributed by atoms with Crippen LogP contribution in [0.5, 0.6) is 0 Å². The minimum absolute atomic E-state index is 0.113. The number of ether oxygens (including phenoxy) is 1. The number of anilines is 1. The first-order valence-electron chi connectivity index (χ1n) is 12.7. The molecule has 3 aliphatic rings. The lowest BCUT2D eigenvalue weighted by Crippen LogP contribution is -2.49. The van der Waals surface area contributed by atoms with Gasteiger partial charge in [0.1, 0.15) is 17.8 Å². The van der Waals surface area contributed by atoms with Gasteiger partial charge in [0, 0.05) is 57.0 Å². The predicted molar refractivity (Wildman–Crippen MR) is 129 cm³/mol. The molecular formula is C26H32F3N5O2. The van der Waals surface area contributed by atoms with Crippen LogP contribution < -0.4 is 10.2 Å². The zero-order valence-electron chi connectivity index (χ0n) is 20.5. The first-order valence-corrected chi connectivity index (χ1v) is 12.7. The minimum atomic E-state index is -4.38. The second-order valence-corrected chi connectivity index (χ2v) is 9.94. The van der Waals surface area contributed by atoms with E-state index in [0.29, 0.717) is 67.3 Å². The Labute approximate surface area is 209 Å². The average Bonchev–Trinajstić information content (AvgIpc) is 2.88. The first kappa shape index (κ1) is 25.0. The molecular weight excluding hydrogens is 471 g/mol. The number of amides is 1. The molecule has 0 radical (unpaired) electrons. The molecule has 0 saturated carbocycles. The van der Waals surface area contributed by atoms with Crippen LogP contribution in [0.15, 0.2) is 24.5 Å². The fourth-order valence-corrected chi connectivity index (χ4v) is 5.49. The molecule has 1 amide bonds. The van der Waals surface area contributed by atoms with Gasteiger partial charge in [0.2, 0.25) is 0 Å². The predicted octanol–water partition coefficient (Wildman–Crippen LogP) is 3.74. The number of carbonyl (C=O) groups is 1. The van der Waals surface area contributed by atoms with Crippen molar-refractivity contribution in [2.45, 2.75) is 63.8 Å². The number of nitrogens with zero attached hydrogens (tertiary/aromatic N) is 4. The van der Waals surface area contributed by atoms with Crippen LogP contribution in [0.4, 0.5) is 19.0 Å². The van der Waals surface area contributed by atoms with Gasteiger partial charge in [-0.2, -0.15) is 13.2 Å². The molecule has 7 nitrogen and oxygen atoms in total. The fraction of sp³-hybridized carbons (Fsp3) is 0.577. The van der Waals surface area contributed by atoms with E-state index in [-0.39, 0.29) is 5.91 Å². The van der Waals surface area contributed by atoms with Crippen LogP contribution in [-0.2, 0) is 23.9 Å². The van der Waals surface area contributed by atoms with Crippen molar-refractivity contribution in [1.29, 1.82) is 0 Å². The second-order valence-electron chi connectivity index (χ2n) is 9.94. The maximum absolute atomic E-state index is 13.4. The van der Waals surface area contributed by atoms with E-state index in [1.54, 1.807) is 6.07 Å². The molecule has 0 bridgehead atoms. The van der Waals surface area contributed by atoms with Crippen molar-refractivity contribution in [2.75, 3.05) is 37.7 Å². The quantitative estimate of drug-likeness (QED) is 0.686. The summed E-state index contributed by atoms with van der Waals surface area (Å²) in [7, 11) is 0. The molecule has 36 heavy (non-hydrogen) atoms. The third kappa shape index (κ3) is 5.34. The van der Waals surface area contributed by atoms with Crippen LogP contribution in [0.1, 0.15) is 58.4 Å². The SMILES string of the molecule is Cc1c(C(=O)N2CCC(NC3CCOCC3)CC2)ncnc1N1CCc2ccc(C(F)(F)F)cc2C1. The smallest absolute Gasteiger partial charge is 0.381 e. The molecule has 4 heterocycles. The van der Waals surface area contributed by atoms with E-state index >= 15 is 0 Å².